The number of aromatic nitrogens is 1. The van der Waals surface area contributed by atoms with Crippen molar-refractivity contribution in [3.05, 3.63) is 23.5 Å². The first-order chi connectivity index (χ1) is 4.75. The minimum absolute atomic E-state index is 1.04. The van der Waals surface area contributed by atoms with Crippen molar-refractivity contribution in [2.45, 2.75) is 13.8 Å². The van der Waals surface area contributed by atoms with Crippen molar-refractivity contribution in [2.24, 2.45) is 0 Å². The van der Waals surface area contributed by atoms with E-state index in [1.165, 1.54) is 0 Å². The highest BCUT2D eigenvalue weighted by molar-refractivity contribution is 5.16. The van der Waals surface area contributed by atoms with Gasteiger partial charge in [0.05, 0.1) is 0 Å². The molecule has 1 rings (SSSR count). The highest BCUT2D eigenvalue weighted by atomic mass is 15.4. The van der Waals surface area contributed by atoms with Gasteiger partial charge in [0.15, 0.2) is 6.19 Å². The van der Waals surface area contributed by atoms with Crippen LogP contribution in [0.25, 0.3) is 0 Å². The van der Waals surface area contributed by atoms with Crippen LogP contribution >= 0.6 is 0 Å². The van der Waals surface area contributed by atoms with Crippen LogP contribution in [0, 0.1) is 25.3 Å². The standard InChI is InChI=1S/C7H9N3/c1-6-3-4-7(2)10(6)9-5-8/h3-4,9H,1-2H3. The predicted molar refractivity (Wildman–Crippen MR) is 38.9 cm³/mol. The Balaban J connectivity index is 3.01. The summed E-state index contributed by atoms with van der Waals surface area (Å²) >= 11 is 0. The number of hydrogen-bond donors (Lipinski definition) is 1. The molecule has 1 aromatic rings. The van der Waals surface area contributed by atoms with Crippen molar-refractivity contribution in [1.29, 1.82) is 5.26 Å². The summed E-state index contributed by atoms with van der Waals surface area (Å²) in [5, 5.41) is 8.30. The summed E-state index contributed by atoms with van der Waals surface area (Å²) in [5.41, 5.74) is 4.63. The molecule has 0 spiro atoms. The second kappa shape index (κ2) is 2.44. The second-order valence-corrected chi connectivity index (χ2v) is 2.18. The van der Waals surface area contributed by atoms with Crippen LogP contribution in [0.2, 0.25) is 0 Å². The monoisotopic (exact) mass is 135 g/mol. The number of aryl methyl sites for hydroxylation is 2. The molecule has 0 radical (unpaired) electrons. The highest BCUT2D eigenvalue weighted by Crippen LogP contribution is 2.02. The topological polar surface area (TPSA) is 40.8 Å². The molecule has 52 valence electrons. The van der Waals surface area contributed by atoms with Gasteiger partial charge < -0.3 is 0 Å². The van der Waals surface area contributed by atoms with Gasteiger partial charge >= 0.3 is 0 Å². The molecule has 1 aromatic heterocycles. The van der Waals surface area contributed by atoms with E-state index in [1.807, 2.05) is 32.2 Å². The third-order valence-electron chi connectivity index (χ3n) is 1.43. The molecular weight excluding hydrogens is 126 g/mol. The maximum Gasteiger partial charge on any atom is 0.197 e. The molecular formula is C7H9N3. The zero-order valence-corrected chi connectivity index (χ0v) is 6.05. The third-order valence-corrected chi connectivity index (χ3v) is 1.43. The molecule has 0 unspecified atom stereocenters. The van der Waals surface area contributed by atoms with Crippen molar-refractivity contribution >= 4 is 0 Å². The molecule has 0 bridgehead atoms. The van der Waals surface area contributed by atoms with Gasteiger partial charge in [0.2, 0.25) is 0 Å². The van der Waals surface area contributed by atoms with E-state index in [1.54, 1.807) is 4.68 Å². The molecule has 0 atom stereocenters. The van der Waals surface area contributed by atoms with Gasteiger partial charge in [0.1, 0.15) is 0 Å². The van der Waals surface area contributed by atoms with Crippen LogP contribution in [0.1, 0.15) is 11.4 Å². The SMILES string of the molecule is Cc1ccc(C)n1NC#N. The van der Waals surface area contributed by atoms with Gasteiger partial charge in [-0.2, -0.15) is 5.26 Å². The fourth-order valence-corrected chi connectivity index (χ4v) is 0.895. The summed E-state index contributed by atoms with van der Waals surface area (Å²) in [7, 11) is 0. The van der Waals surface area contributed by atoms with E-state index in [-0.39, 0.29) is 0 Å². The van der Waals surface area contributed by atoms with E-state index in [2.05, 4.69) is 5.43 Å². The highest BCUT2D eigenvalue weighted by Gasteiger charge is 1.96. The molecule has 0 fully saturated rings. The Morgan fingerprint density at radius 1 is 1.40 bits per heavy atom. The molecule has 3 heteroatoms. The summed E-state index contributed by atoms with van der Waals surface area (Å²) < 4.78 is 1.74. The zero-order valence-electron chi connectivity index (χ0n) is 6.05. The van der Waals surface area contributed by atoms with Crippen LogP contribution in [0.15, 0.2) is 12.1 Å². The maximum absolute atomic E-state index is 8.30. The first-order valence-electron chi connectivity index (χ1n) is 3.06. The summed E-state index contributed by atoms with van der Waals surface area (Å²) in [6.45, 7) is 3.88. The van der Waals surface area contributed by atoms with Crippen molar-refractivity contribution in [3.8, 4) is 6.19 Å². The van der Waals surface area contributed by atoms with E-state index in [9.17, 15) is 0 Å². The minimum atomic E-state index is 1.04. The van der Waals surface area contributed by atoms with Crippen LogP contribution in [-0.4, -0.2) is 4.68 Å². The van der Waals surface area contributed by atoms with Crippen LogP contribution in [0.4, 0.5) is 0 Å². The molecule has 3 nitrogen and oxygen atoms in total. The average Bonchev–Trinajstić information content (AvgIpc) is 2.20. The number of nitriles is 1. The molecule has 0 aliphatic heterocycles. The van der Waals surface area contributed by atoms with Crippen molar-refractivity contribution in [3.63, 3.8) is 0 Å². The molecule has 10 heavy (non-hydrogen) atoms. The van der Waals surface area contributed by atoms with Crippen LogP contribution in [0.5, 0.6) is 0 Å². The Kier molecular flexibility index (Phi) is 1.63. The largest absolute Gasteiger partial charge is 0.256 e. The van der Waals surface area contributed by atoms with Crippen molar-refractivity contribution in [2.75, 3.05) is 5.43 Å². The van der Waals surface area contributed by atoms with Crippen molar-refractivity contribution < 1.29 is 0 Å². The predicted octanol–water partition coefficient (Wildman–Crippen LogP) is 1.13. The van der Waals surface area contributed by atoms with Gasteiger partial charge in [-0.3, -0.25) is 4.68 Å². The van der Waals surface area contributed by atoms with E-state index in [0.29, 0.717) is 0 Å². The molecule has 0 saturated carbocycles. The first-order valence-corrected chi connectivity index (χ1v) is 3.06. The van der Waals surface area contributed by atoms with Gasteiger partial charge in [-0.1, -0.05) is 0 Å². The molecule has 0 aliphatic carbocycles. The lowest BCUT2D eigenvalue weighted by Crippen LogP contribution is -2.10. The normalized spacial score (nSPS) is 8.90. The number of nitrogens with zero attached hydrogens (tertiary/aromatic N) is 2. The molecule has 0 saturated heterocycles. The molecule has 1 N–H and O–H groups in total. The number of nitrogens with one attached hydrogen (secondary N) is 1. The van der Waals surface area contributed by atoms with Gasteiger partial charge in [-0.25, -0.2) is 5.43 Å². The van der Waals surface area contributed by atoms with Gasteiger partial charge in [-0.15, -0.1) is 0 Å². The number of hydrogen-bond acceptors (Lipinski definition) is 2. The van der Waals surface area contributed by atoms with E-state index in [0.717, 1.165) is 11.4 Å². The average molecular weight is 135 g/mol. The fourth-order valence-electron chi connectivity index (χ4n) is 0.895. The second-order valence-electron chi connectivity index (χ2n) is 2.18. The minimum Gasteiger partial charge on any atom is -0.256 e. The van der Waals surface area contributed by atoms with Crippen LogP contribution in [0.3, 0.4) is 0 Å². The Hall–Kier alpha value is -1.43. The summed E-state index contributed by atoms with van der Waals surface area (Å²) in [5.74, 6) is 0. The first kappa shape index (κ1) is 6.69. The van der Waals surface area contributed by atoms with Crippen LogP contribution in [-0.2, 0) is 0 Å². The Labute approximate surface area is 59.9 Å². The Morgan fingerprint density at radius 3 is 2.30 bits per heavy atom. The lowest BCUT2D eigenvalue weighted by molar-refractivity contribution is 0.883. The summed E-state index contributed by atoms with van der Waals surface area (Å²) in [6.07, 6.45) is 1.86. The lowest BCUT2D eigenvalue weighted by atomic mass is 10.5. The molecule has 0 amide bonds. The summed E-state index contributed by atoms with van der Waals surface area (Å²) in [4.78, 5) is 0. The zero-order chi connectivity index (χ0) is 7.56. The van der Waals surface area contributed by atoms with E-state index in [4.69, 9.17) is 5.26 Å². The molecule has 0 aliphatic rings. The Morgan fingerprint density at radius 2 is 1.90 bits per heavy atom. The van der Waals surface area contributed by atoms with Gasteiger partial charge in [-0.05, 0) is 26.0 Å². The van der Waals surface area contributed by atoms with Gasteiger partial charge in [0, 0.05) is 11.4 Å². The quantitative estimate of drug-likeness (QED) is 0.463. The molecule has 0 aromatic carbocycles. The molecule has 1 heterocycles. The van der Waals surface area contributed by atoms with Crippen molar-refractivity contribution in [1.82, 2.24) is 4.68 Å². The van der Waals surface area contributed by atoms with E-state index >= 15 is 0 Å². The number of rotatable bonds is 1. The fraction of sp³-hybridized carbons (Fsp3) is 0.286. The maximum atomic E-state index is 8.30. The van der Waals surface area contributed by atoms with E-state index < -0.39 is 0 Å². The lowest BCUT2D eigenvalue weighted by Gasteiger charge is -2.02. The summed E-state index contributed by atoms with van der Waals surface area (Å²) in [6, 6.07) is 3.92. The Bertz CT molecular complexity index is 247. The van der Waals surface area contributed by atoms with Gasteiger partial charge in [0.25, 0.3) is 0 Å². The van der Waals surface area contributed by atoms with Crippen LogP contribution < -0.4 is 5.43 Å². The third kappa shape index (κ3) is 0.960. The smallest absolute Gasteiger partial charge is 0.197 e.